The Morgan fingerprint density at radius 2 is 2.09 bits per heavy atom. The van der Waals surface area contributed by atoms with Crippen LogP contribution >= 0.6 is 23.1 Å². The van der Waals surface area contributed by atoms with Crippen molar-refractivity contribution < 1.29 is 33.9 Å². The number of ether oxygens (including phenoxy) is 1. The minimum Gasteiger partial charge on any atom is -0.477 e. The number of thiazole rings is 1. The lowest BCUT2D eigenvalue weighted by molar-refractivity contribution is -0.150. The number of nitrogens with zero attached hydrogens (tertiary/aromatic N) is 3. The summed E-state index contributed by atoms with van der Waals surface area (Å²) >= 11 is 2.33. The number of aromatic nitrogens is 1. The molecule has 1 aromatic heterocycles. The quantitative estimate of drug-likeness (QED) is 0.283. The third kappa shape index (κ3) is 5.22. The molecule has 2 aliphatic heterocycles. The van der Waals surface area contributed by atoms with Crippen LogP contribution in [0.1, 0.15) is 25.8 Å². The Balaban J connectivity index is 1.72. The van der Waals surface area contributed by atoms with E-state index in [9.17, 15) is 24.3 Å². The first-order chi connectivity index (χ1) is 16.0. The summed E-state index contributed by atoms with van der Waals surface area (Å²) in [6.45, 7) is 8.74. The van der Waals surface area contributed by atoms with Gasteiger partial charge in [0, 0.05) is 11.1 Å². The minimum atomic E-state index is -1.24. The van der Waals surface area contributed by atoms with Crippen molar-refractivity contribution in [1.29, 1.82) is 0 Å². The Kier molecular flexibility index (Phi) is 7.31. The van der Waals surface area contributed by atoms with E-state index >= 15 is 0 Å². The van der Waals surface area contributed by atoms with Crippen molar-refractivity contribution in [2.24, 2.45) is 5.16 Å². The Morgan fingerprint density at radius 3 is 2.68 bits per heavy atom. The second-order valence-electron chi connectivity index (χ2n) is 8.03. The fourth-order valence-corrected chi connectivity index (χ4v) is 5.19. The van der Waals surface area contributed by atoms with Gasteiger partial charge in [0.2, 0.25) is 5.71 Å². The van der Waals surface area contributed by atoms with E-state index in [1.54, 1.807) is 20.8 Å². The number of carboxylic acids is 1. The monoisotopic (exact) mass is 509 g/mol. The number of hydrogen-bond donors (Lipinski definition) is 3. The molecule has 14 heteroatoms. The maximum atomic E-state index is 12.9. The summed E-state index contributed by atoms with van der Waals surface area (Å²) in [5.41, 5.74) is -0.620. The Morgan fingerprint density at radius 1 is 1.38 bits per heavy atom. The fraction of sp³-hybridized carbons (Fsp3) is 0.400. The number of nitrogens with one attached hydrogen (secondary N) is 2. The van der Waals surface area contributed by atoms with E-state index in [0.29, 0.717) is 11.3 Å². The van der Waals surface area contributed by atoms with Crippen molar-refractivity contribution in [3.8, 4) is 0 Å². The van der Waals surface area contributed by atoms with Gasteiger partial charge in [0.1, 0.15) is 35.6 Å². The van der Waals surface area contributed by atoms with Gasteiger partial charge in [-0.25, -0.2) is 14.6 Å². The molecule has 34 heavy (non-hydrogen) atoms. The molecule has 0 spiro atoms. The number of fused-ring (bicyclic) bond motifs is 1. The van der Waals surface area contributed by atoms with Crippen LogP contribution in [0.4, 0.5) is 10.6 Å². The molecule has 0 bridgehead atoms. The molecule has 0 aliphatic carbocycles. The lowest BCUT2D eigenvalue weighted by atomic mass is 10.0. The van der Waals surface area contributed by atoms with Gasteiger partial charge in [-0.05, 0) is 26.3 Å². The number of aliphatic carboxylic acids is 1. The van der Waals surface area contributed by atoms with Crippen LogP contribution < -0.4 is 10.6 Å². The first kappa shape index (κ1) is 25.2. The van der Waals surface area contributed by atoms with E-state index in [-0.39, 0.29) is 22.2 Å². The van der Waals surface area contributed by atoms with E-state index < -0.39 is 40.9 Å². The average Bonchev–Trinajstić information content (AvgIpc) is 3.20. The van der Waals surface area contributed by atoms with Crippen LogP contribution in [-0.4, -0.2) is 74.5 Å². The smallest absolute Gasteiger partial charge is 0.413 e. The number of hydrogen-bond acceptors (Lipinski definition) is 10. The number of β-lactam (4-membered cyclic amide) rings is 1. The lowest BCUT2D eigenvalue weighted by Gasteiger charge is -2.49. The highest BCUT2D eigenvalue weighted by molar-refractivity contribution is 8.00. The SMILES string of the molecule is C=CC1=C(C(=O)O)N2C(=O)C(NC(=O)/C(=N\OC)c3nc(NC(=O)OC(C)(C)C)cs3)[C@H]2SC1. The predicted octanol–water partition coefficient (Wildman–Crippen LogP) is 1.77. The summed E-state index contributed by atoms with van der Waals surface area (Å²) in [6, 6.07) is -0.959. The number of oxime groups is 1. The molecule has 1 saturated heterocycles. The fourth-order valence-electron chi connectivity index (χ4n) is 3.13. The van der Waals surface area contributed by atoms with Crippen LogP contribution in [0, 0.1) is 0 Å². The van der Waals surface area contributed by atoms with Crippen molar-refractivity contribution in [3.05, 3.63) is 34.3 Å². The summed E-state index contributed by atoms with van der Waals surface area (Å²) < 4.78 is 5.17. The van der Waals surface area contributed by atoms with Crippen LogP contribution in [-0.2, 0) is 24.0 Å². The molecule has 3 amide bonds. The highest BCUT2D eigenvalue weighted by atomic mass is 32.2. The molecule has 0 aromatic carbocycles. The normalized spacial score (nSPS) is 20.2. The van der Waals surface area contributed by atoms with Crippen LogP contribution in [0.15, 0.2) is 34.5 Å². The molecule has 3 rings (SSSR count). The van der Waals surface area contributed by atoms with E-state index in [1.807, 2.05) is 0 Å². The summed E-state index contributed by atoms with van der Waals surface area (Å²) in [5, 5.41) is 19.3. The maximum absolute atomic E-state index is 12.9. The van der Waals surface area contributed by atoms with Gasteiger partial charge in [0.05, 0.1) is 0 Å². The summed E-state index contributed by atoms with van der Waals surface area (Å²) in [4.78, 5) is 59.3. The van der Waals surface area contributed by atoms with E-state index in [0.717, 1.165) is 16.2 Å². The number of anilines is 1. The molecular formula is C20H23N5O7S2. The Hall–Kier alpha value is -3.39. The number of carbonyl (C=O) groups is 4. The molecule has 0 radical (unpaired) electrons. The number of rotatable bonds is 7. The summed E-state index contributed by atoms with van der Waals surface area (Å²) in [5.74, 6) is -2.07. The Labute approximate surface area is 203 Å². The number of carboxylic acid groups (broad SMARTS) is 1. The second kappa shape index (κ2) is 9.85. The van der Waals surface area contributed by atoms with E-state index in [4.69, 9.17) is 9.57 Å². The number of carbonyl (C=O) groups excluding carboxylic acids is 3. The standard InChI is InChI=1S/C20H23N5O7S2/c1-6-9-7-34-17-12(16(27)25(17)13(9)18(28)29)23-14(26)11(24-31-5)15-21-10(8-33-15)22-19(30)32-20(2,3)4/h6,8,12,17H,1,7H2,2-5H3,(H,22,30)(H,23,26)(H,28,29)/b24-11+/t12?,17-/m1/s1. The zero-order valence-corrected chi connectivity index (χ0v) is 20.4. The zero-order chi connectivity index (χ0) is 25.2. The van der Waals surface area contributed by atoms with Gasteiger partial charge < -0.3 is 20.0 Å². The maximum Gasteiger partial charge on any atom is 0.413 e. The van der Waals surface area contributed by atoms with Crippen molar-refractivity contribution in [3.63, 3.8) is 0 Å². The Bertz CT molecular complexity index is 1110. The molecule has 2 aliphatic rings. The molecule has 0 saturated carbocycles. The number of allylic oxidation sites excluding steroid dienone is 1. The molecule has 182 valence electrons. The van der Waals surface area contributed by atoms with Crippen LogP contribution in [0.2, 0.25) is 0 Å². The van der Waals surface area contributed by atoms with E-state index in [1.165, 1.54) is 30.3 Å². The van der Waals surface area contributed by atoms with Gasteiger partial charge >= 0.3 is 12.1 Å². The third-order valence-electron chi connectivity index (χ3n) is 4.47. The molecule has 1 unspecified atom stereocenters. The number of thioether (sulfide) groups is 1. The summed E-state index contributed by atoms with van der Waals surface area (Å²) in [7, 11) is 1.24. The van der Waals surface area contributed by atoms with Gasteiger partial charge in [-0.3, -0.25) is 19.8 Å². The van der Waals surface area contributed by atoms with Gasteiger partial charge in [0.15, 0.2) is 5.01 Å². The molecule has 12 nitrogen and oxygen atoms in total. The number of amides is 3. The van der Waals surface area contributed by atoms with Crippen molar-refractivity contribution in [2.75, 3.05) is 18.2 Å². The first-order valence-corrected chi connectivity index (χ1v) is 11.8. The van der Waals surface area contributed by atoms with Gasteiger partial charge in [-0.1, -0.05) is 17.8 Å². The predicted molar refractivity (Wildman–Crippen MR) is 125 cm³/mol. The van der Waals surface area contributed by atoms with Crippen LogP contribution in [0.3, 0.4) is 0 Å². The van der Waals surface area contributed by atoms with E-state index in [2.05, 4.69) is 27.4 Å². The second-order valence-corrected chi connectivity index (χ2v) is 9.99. The molecule has 1 fully saturated rings. The largest absolute Gasteiger partial charge is 0.477 e. The third-order valence-corrected chi connectivity index (χ3v) is 6.62. The van der Waals surface area contributed by atoms with Crippen molar-refractivity contribution >= 4 is 58.5 Å². The van der Waals surface area contributed by atoms with Crippen molar-refractivity contribution in [2.45, 2.75) is 37.8 Å². The molecule has 3 heterocycles. The molecule has 1 aromatic rings. The van der Waals surface area contributed by atoms with Crippen LogP contribution in [0.5, 0.6) is 0 Å². The van der Waals surface area contributed by atoms with Crippen LogP contribution in [0.25, 0.3) is 0 Å². The topological polar surface area (TPSA) is 160 Å². The van der Waals surface area contributed by atoms with Gasteiger partial charge in [-0.15, -0.1) is 23.1 Å². The average molecular weight is 510 g/mol. The molecule has 2 atom stereocenters. The zero-order valence-electron chi connectivity index (χ0n) is 18.8. The first-order valence-electron chi connectivity index (χ1n) is 9.88. The molecular weight excluding hydrogens is 486 g/mol. The van der Waals surface area contributed by atoms with Gasteiger partial charge in [-0.2, -0.15) is 0 Å². The lowest BCUT2D eigenvalue weighted by Crippen LogP contribution is -2.71. The van der Waals surface area contributed by atoms with Crippen molar-refractivity contribution in [1.82, 2.24) is 15.2 Å². The highest BCUT2D eigenvalue weighted by Gasteiger charge is 2.54. The molecule has 3 N–H and O–H groups in total. The minimum absolute atomic E-state index is 0.130. The van der Waals surface area contributed by atoms with Gasteiger partial charge in [0.25, 0.3) is 11.8 Å². The summed E-state index contributed by atoms with van der Waals surface area (Å²) in [6.07, 6.45) is 0.690. The highest BCUT2D eigenvalue weighted by Crippen LogP contribution is 2.40.